The normalized spacial score (nSPS) is 38.4. The summed E-state index contributed by atoms with van der Waals surface area (Å²) < 4.78 is 0. The highest BCUT2D eigenvalue weighted by molar-refractivity contribution is 4.94. The summed E-state index contributed by atoms with van der Waals surface area (Å²) in [5, 5.41) is 3.80. The Morgan fingerprint density at radius 3 is 2.26 bits per heavy atom. The monoisotopic (exact) mass is 266 g/mol. The van der Waals surface area contributed by atoms with Gasteiger partial charge in [-0.25, -0.2) is 0 Å². The fourth-order valence-corrected chi connectivity index (χ4v) is 3.80. The summed E-state index contributed by atoms with van der Waals surface area (Å²) in [7, 11) is 0. The van der Waals surface area contributed by atoms with E-state index in [1.807, 2.05) is 0 Å². The van der Waals surface area contributed by atoms with Crippen LogP contribution in [0.1, 0.15) is 66.7 Å². The molecule has 2 unspecified atom stereocenters. The predicted molar refractivity (Wildman–Crippen MR) is 83.5 cm³/mol. The van der Waals surface area contributed by atoms with Crippen LogP contribution in [0.15, 0.2) is 0 Å². The van der Waals surface area contributed by atoms with Gasteiger partial charge in [-0.2, -0.15) is 0 Å². The Kier molecular flexibility index (Phi) is 4.94. The smallest absolute Gasteiger partial charge is 0.0244 e. The SMILES string of the molecule is CCC1CNC(C(C)(C)C)CN1C1CCC(C)CC1. The summed E-state index contributed by atoms with van der Waals surface area (Å²) >= 11 is 0. The first-order valence-corrected chi connectivity index (χ1v) is 8.41. The maximum atomic E-state index is 3.80. The number of hydrogen-bond donors (Lipinski definition) is 1. The quantitative estimate of drug-likeness (QED) is 0.820. The summed E-state index contributed by atoms with van der Waals surface area (Å²) in [5.41, 5.74) is 0.374. The number of hydrogen-bond acceptors (Lipinski definition) is 2. The van der Waals surface area contributed by atoms with Crippen LogP contribution >= 0.6 is 0 Å². The lowest BCUT2D eigenvalue weighted by atomic mass is 9.81. The van der Waals surface area contributed by atoms with E-state index in [9.17, 15) is 0 Å². The van der Waals surface area contributed by atoms with Crippen LogP contribution in [-0.2, 0) is 0 Å². The maximum Gasteiger partial charge on any atom is 0.0244 e. The molecule has 0 aromatic carbocycles. The topological polar surface area (TPSA) is 15.3 Å². The van der Waals surface area contributed by atoms with Crippen LogP contribution in [0.25, 0.3) is 0 Å². The van der Waals surface area contributed by atoms with Gasteiger partial charge in [0.05, 0.1) is 0 Å². The van der Waals surface area contributed by atoms with E-state index in [2.05, 4.69) is 44.8 Å². The van der Waals surface area contributed by atoms with Crippen molar-refractivity contribution < 1.29 is 0 Å². The van der Waals surface area contributed by atoms with Gasteiger partial charge in [0, 0.05) is 31.2 Å². The number of piperazine rings is 1. The molecular weight excluding hydrogens is 232 g/mol. The minimum atomic E-state index is 0.374. The molecule has 1 saturated heterocycles. The summed E-state index contributed by atoms with van der Waals surface area (Å²) in [6.45, 7) is 14.3. The molecule has 0 aromatic rings. The van der Waals surface area contributed by atoms with Crippen molar-refractivity contribution in [1.29, 1.82) is 0 Å². The Bertz CT molecular complexity index is 273. The first-order valence-electron chi connectivity index (χ1n) is 8.41. The zero-order valence-electron chi connectivity index (χ0n) is 13.7. The molecule has 0 spiro atoms. The van der Waals surface area contributed by atoms with Crippen molar-refractivity contribution in [1.82, 2.24) is 10.2 Å². The van der Waals surface area contributed by atoms with Crippen molar-refractivity contribution in [2.45, 2.75) is 84.8 Å². The summed E-state index contributed by atoms with van der Waals surface area (Å²) in [6, 6.07) is 2.26. The van der Waals surface area contributed by atoms with Crippen molar-refractivity contribution in [3.05, 3.63) is 0 Å². The van der Waals surface area contributed by atoms with E-state index in [-0.39, 0.29) is 0 Å². The van der Waals surface area contributed by atoms with Crippen LogP contribution in [0.4, 0.5) is 0 Å². The molecular formula is C17H34N2. The molecule has 2 nitrogen and oxygen atoms in total. The largest absolute Gasteiger partial charge is 0.311 e. The number of nitrogens with one attached hydrogen (secondary N) is 1. The van der Waals surface area contributed by atoms with Crippen molar-refractivity contribution >= 4 is 0 Å². The van der Waals surface area contributed by atoms with Crippen molar-refractivity contribution in [2.24, 2.45) is 11.3 Å². The fraction of sp³-hybridized carbons (Fsp3) is 1.00. The molecule has 2 atom stereocenters. The molecule has 2 rings (SSSR count). The van der Waals surface area contributed by atoms with Crippen molar-refractivity contribution in [2.75, 3.05) is 13.1 Å². The molecule has 0 aromatic heterocycles. The van der Waals surface area contributed by atoms with Gasteiger partial charge in [0.25, 0.3) is 0 Å². The Balaban J connectivity index is 2.01. The lowest BCUT2D eigenvalue weighted by Gasteiger charge is -2.49. The summed E-state index contributed by atoms with van der Waals surface area (Å²) in [6.07, 6.45) is 7.01. The molecule has 0 amide bonds. The van der Waals surface area contributed by atoms with Gasteiger partial charge in [0.2, 0.25) is 0 Å². The lowest BCUT2D eigenvalue weighted by molar-refractivity contribution is 0.0284. The predicted octanol–water partition coefficient (Wildman–Crippen LogP) is 3.66. The van der Waals surface area contributed by atoms with E-state index in [4.69, 9.17) is 0 Å². The van der Waals surface area contributed by atoms with Gasteiger partial charge in [-0.05, 0) is 43.4 Å². The minimum Gasteiger partial charge on any atom is -0.311 e. The third-order valence-corrected chi connectivity index (χ3v) is 5.43. The van der Waals surface area contributed by atoms with Crippen LogP contribution in [0.5, 0.6) is 0 Å². The Hall–Kier alpha value is -0.0800. The second-order valence-corrected chi connectivity index (χ2v) is 8.00. The summed E-state index contributed by atoms with van der Waals surface area (Å²) in [4.78, 5) is 2.86. The van der Waals surface area contributed by atoms with Crippen LogP contribution in [-0.4, -0.2) is 36.1 Å². The van der Waals surface area contributed by atoms with E-state index in [1.165, 1.54) is 45.2 Å². The number of nitrogens with zero attached hydrogens (tertiary/aromatic N) is 1. The molecule has 2 aliphatic rings. The molecule has 112 valence electrons. The molecule has 2 fully saturated rings. The standard InChI is InChI=1S/C17H34N2/c1-6-14-11-18-16(17(3,4)5)12-19(14)15-9-7-13(2)8-10-15/h13-16,18H,6-12H2,1-5H3. The number of rotatable bonds is 2. The van der Waals surface area contributed by atoms with Gasteiger partial charge in [-0.1, -0.05) is 34.6 Å². The molecule has 0 radical (unpaired) electrons. The molecule has 19 heavy (non-hydrogen) atoms. The van der Waals surface area contributed by atoms with E-state index in [1.54, 1.807) is 0 Å². The average Bonchev–Trinajstić information content (AvgIpc) is 2.38. The Morgan fingerprint density at radius 1 is 1.11 bits per heavy atom. The first-order chi connectivity index (χ1) is 8.91. The molecule has 1 N–H and O–H groups in total. The molecule has 2 heteroatoms. The van der Waals surface area contributed by atoms with Crippen LogP contribution in [0.2, 0.25) is 0 Å². The van der Waals surface area contributed by atoms with Gasteiger partial charge < -0.3 is 5.32 Å². The Morgan fingerprint density at radius 2 is 1.74 bits per heavy atom. The maximum absolute atomic E-state index is 3.80. The van der Waals surface area contributed by atoms with Crippen LogP contribution in [0, 0.1) is 11.3 Å². The highest BCUT2D eigenvalue weighted by Crippen LogP contribution is 2.32. The van der Waals surface area contributed by atoms with E-state index in [0.29, 0.717) is 11.5 Å². The molecule has 1 heterocycles. The van der Waals surface area contributed by atoms with Crippen molar-refractivity contribution in [3.63, 3.8) is 0 Å². The zero-order valence-corrected chi connectivity index (χ0v) is 13.7. The van der Waals surface area contributed by atoms with Gasteiger partial charge in [-0.15, -0.1) is 0 Å². The van der Waals surface area contributed by atoms with Gasteiger partial charge in [-0.3, -0.25) is 4.90 Å². The Labute approximate surface area is 120 Å². The third kappa shape index (κ3) is 3.72. The fourth-order valence-electron chi connectivity index (χ4n) is 3.80. The van der Waals surface area contributed by atoms with Crippen LogP contribution < -0.4 is 5.32 Å². The molecule has 0 bridgehead atoms. The highest BCUT2D eigenvalue weighted by atomic mass is 15.3. The highest BCUT2D eigenvalue weighted by Gasteiger charge is 2.37. The second kappa shape index (κ2) is 6.13. The van der Waals surface area contributed by atoms with Gasteiger partial charge in [0.15, 0.2) is 0 Å². The molecule has 1 saturated carbocycles. The van der Waals surface area contributed by atoms with E-state index < -0.39 is 0 Å². The average molecular weight is 266 g/mol. The molecule has 1 aliphatic carbocycles. The van der Waals surface area contributed by atoms with Gasteiger partial charge in [0.1, 0.15) is 0 Å². The minimum absolute atomic E-state index is 0.374. The van der Waals surface area contributed by atoms with Gasteiger partial charge >= 0.3 is 0 Å². The van der Waals surface area contributed by atoms with E-state index >= 15 is 0 Å². The summed E-state index contributed by atoms with van der Waals surface area (Å²) in [5.74, 6) is 0.956. The molecule has 1 aliphatic heterocycles. The second-order valence-electron chi connectivity index (χ2n) is 8.00. The van der Waals surface area contributed by atoms with E-state index in [0.717, 1.165) is 18.0 Å². The zero-order chi connectivity index (χ0) is 14.0. The van der Waals surface area contributed by atoms with Crippen molar-refractivity contribution in [3.8, 4) is 0 Å². The van der Waals surface area contributed by atoms with Crippen LogP contribution in [0.3, 0.4) is 0 Å². The third-order valence-electron chi connectivity index (χ3n) is 5.43. The first kappa shape index (κ1) is 15.3. The lowest BCUT2D eigenvalue weighted by Crippen LogP contribution is -2.62.